The van der Waals surface area contributed by atoms with Crippen LogP contribution in [-0.2, 0) is 11.3 Å². The minimum absolute atomic E-state index is 0.0775. The first-order valence-corrected chi connectivity index (χ1v) is 9.44. The highest BCUT2D eigenvalue weighted by Crippen LogP contribution is 2.26. The number of amides is 1. The number of carbonyl (C=O) groups is 1. The van der Waals surface area contributed by atoms with Crippen molar-refractivity contribution < 1.29 is 9.53 Å². The average Bonchev–Trinajstić information content (AvgIpc) is 3.14. The number of hydrogen-bond acceptors (Lipinski definition) is 6. The zero-order valence-electron chi connectivity index (χ0n) is 15.5. The third-order valence-corrected chi connectivity index (χ3v) is 4.87. The van der Waals surface area contributed by atoms with Gasteiger partial charge < -0.3 is 10.1 Å². The summed E-state index contributed by atoms with van der Waals surface area (Å²) in [6.07, 6.45) is 0. The second-order valence-corrected chi connectivity index (χ2v) is 7.04. The van der Waals surface area contributed by atoms with Crippen LogP contribution in [0.5, 0.6) is 5.75 Å². The van der Waals surface area contributed by atoms with Crippen molar-refractivity contribution in [2.24, 2.45) is 0 Å². The second-order valence-electron chi connectivity index (χ2n) is 6.10. The molecule has 2 aromatic carbocycles. The molecule has 7 nitrogen and oxygen atoms in total. The first-order chi connectivity index (χ1) is 13.1. The molecule has 8 heteroatoms. The summed E-state index contributed by atoms with van der Waals surface area (Å²) in [5.41, 5.74) is 4.06. The third kappa shape index (κ3) is 4.85. The van der Waals surface area contributed by atoms with Crippen LogP contribution in [0, 0.1) is 13.8 Å². The number of hydrogen-bond donors (Lipinski definition) is 1. The molecule has 0 atom stereocenters. The van der Waals surface area contributed by atoms with Gasteiger partial charge in [0.05, 0.1) is 12.9 Å². The predicted octanol–water partition coefficient (Wildman–Crippen LogP) is 2.70. The average molecular weight is 383 g/mol. The van der Waals surface area contributed by atoms with E-state index >= 15 is 0 Å². The summed E-state index contributed by atoms with van der Waals surface area (Å²) in [5, 5.41) is 15.2. The smallest absolute Gasteiger partial charge is 0.230 e. The Labute approximate surface area is 162 Å². The Morgan fingerprint density at radius 2 is 1.89 bits per heavy atom. The van der Waals surface area contributed by atoms with E-state index in [1.807, 2.05) is 56.3 Å². The molecule has 3 aromatic rings. The number of aryl methyl sites for hydroxylation is 2. The van der Waals surface area contributed by atoms with Crippen LogP contribution in [0.3, 0.4) is 0 Å². The summed E-state index contributed by atoms with van der Waals surface area (Å²) in [4.78, 5) is 12.2. The maximum Gasteiger partial charge on any atom is 0.230 e. The Morgan fingerprint density at radius 1 is 1.15 bits per heavy atom. The van der Waals surface area contributed by atoms with Crippen molar-refractivity contribution in [2.75, 3.05) is 12.9 Å². The SMILES string of the molecule is COc1ccc(C)cc1-n1nnnc1SCC(=O)NCc1ccc(C)cc1. The molecule has 1 aromatic heterocycles. The van der Waals surface area contributed by atoms with E-state index in [4.69, 9.17) is 4.74 Å². The van der Waals surface area contributed by atoms with Gasteiger partial charge in [-0.3, -0.25) is 4.79 Å². The number of carbonyl (C=O) groups excluding carboxylic acids is 1. The monoisotopic (exact) mass is 383 g/mol. The lowest BCUT2D eigenvalue weighted by atomic mass is 10.1. The molecule has 0 bridgehead atoms. The molecule has 0 radical (unpaired) electrons. The van der Waals surface area contributed by atoms with Gasteiger partial charge in [-0.05, 0) is 47.5 Å². The molecule has 0 aliphatic rings. The Kier molecular flexibility index (Phi) is 6.08. The summed E-state index contributed by atoms with van der Waals surface area (Å²) in [6, 6.07) is 13.8. The van der Waals surface area contributed by atoms with Crippen molar-refractivity contribution in [1.82, 2.24) is 25.5 Å². The van der Waals surface area contributed by atoms with Crippen molar-refractivity contribution in [3.8, 4) is 11.4 Å². The van der Waals surface area contributed by atoms with Gasteiger partial charge in [-0.25, -0.2) is 0 Å². The van der Waals surface area contributed by atoms with Gasteiger partial charge in [0, 0.05) is 6.54 Å². The quantitative estimate of drug-likeness (QED) is 0.632. The van der Waals surface area contributed by atoms with Crippen molar-refractivity contribution in [3.05, 3.63) is 59.2 Å². The van der Waals surface area contributed by atoms with Gasteiger partial charge in [-0.15, -0.1) is 5.10 Å². The van der Waals surface area contributed by atoms with E-state index in [0.717, 1.165) is 16.8 Å². The van der Waals surface area contributed by atoms with Gasteiger partial charge in [-0.2, -0.15) is 4.68 Å². The standard InChI is InChI=1S/C19H21N5O2S/c1-13-4-7-15(8-5-13)11-20-18(25)12-27-19-21-22-23-24(19)16-10-14(2)6-9-17(16)26-3/h4-10H,11-12H2,1-3H3,(H,20,25). The lowest BCUT2D eigenvalue weighted by Crippen LogP contribution is -2.24. The van der Waals surface area contributed by atoms with Crippen LogP contribution in [0.1, 0.15) is 16.7 Å². The van der Waals surface area contributed by atoms with Gasteiger partial charge in [0.2, 0.25) is 11.1 Å². The number of ether oxygens (including phenoxy) is 1. The van der Waals surface area contributed by atoms with E-state index in [2.05, 4.69) is 20.8 Å². The fourth-order valence-electron chi connectivity index (χ4n) is 2.47. The summed E-state index contributed by atoms with van der Waals surface area (Å²) in [6.45, 7) is 4.52. The molecule has 0 spiro atoms. The van der Waals surface area contributed by atoms with Crippen molar-refractivity contribution in [3.63, 3.8) is 0 Å². The molecule has 0 fully saturated rings. The van der Waals surface area contributed by atoms with Crippen LogP contribution in [-0.4, -0.2) is 39.0 Å². The Hall–Kier alpha value is -2.87. The molecule has 0 saturated carbocycles. The molecule has 27 heavy (non-hydrogen) atoms. The molecule has 1 heterocycles. The zero-order valence-corrected chi connectivity index (χ0v) is 16.3. The van der Waals surface area contributed by atoms with E-state index in [9.17, 15) is 4.79 Å². The van der Waals surface area contributed by atoms with Crippen LogP contribution in [0.15, 0.2) is 47.6 Å². The van der Waals surface area contributed by atoms with Gasteiger partial charge in [-0.1, -0.05) is 47.7 Å². The largest absolute Gasteiger partial charge is 0.494 e. The summed E-state index contributed by atoms with van der Waals surface area (Å²) >= 11 is 1.28. The predicted molar refractivity (Wildman–Crippen MR) is 104 cm³/mol. The lowest BCUT2D eigenvalue weighted by Gasteiger charge is -2.10. The van der Waals surface area contributed by atoms with E-state index < -0.39 is 0 Å². The highest BCUT2D eigenvalue weighted by molar-refractivity contribution is 7.99. The molecule has 140 valence electrons. The second kappa shape index (κ2) is 8.68. The van der Waals surface area contributed by atoms with E-state index in [1.165, 1.54) is 17.3 Å². The summed E-state index contributed by atoms with van der Waals surface area (Å²) in [5.74, 6) is 0.810. The molecule has 3 rings (SSSR count). The number of tetrazole rings is 1. The maximum absolute atomic E-state index is 12.2. The van der Waals surface area contributed by atoms with Crippen LogP contribution >= 0.6 is 11.8 Å². The molecular formula is C19H21N5O2S. The summed E-state index contributed by atoms with van der Waals surface area (Å²) < 4.78 is 6.98. The fourth-order valence-corrected chi connectivity index (χ4v) is 3.19. The number of aromatic nitrogens is 4. The molecule has 0 aliphatic carbocycles. The molecule has 0 saturated heterocycles. The van der Waals surface area contributed by atoms with Crippen molar-refractivity contribution >= 4 is 17.7 Å². The molecule has 0 aliphatic heterocycles. The van der Waals surface area contributed by atoms with Gasteiger partial charge in [0.15, 0.2) is 0 Å². The third-order valence-electron chi connectivity index (χ3n) is 3.95. The first kappa shape index (κ1) is 18.9. The first-order valence-electron chi connectivity index (χ1n) is 8.45. The van der Waals surface area contributed by atoms with E-state index in [0.29, 0.717) is 17.5 Å². The van der Waals surface area contributed by atoms with Crippen LogP contribution < -0.4 is 10.1 Å². The summed E-state index contributed by atoms with van der Waals surface area (Å²) in [7, 11) is 1.60. The highest BCUT2D eigenvalue weighted by Gasteiger charge is 2.15. The zero-order chi connectivity index (χ0) is 19.2. The Morgan fingerprint density at radius 3 is 2.63 bits per heavy atom. The fraction of sp³-hybridized carbons (Fsp3) is 0.263. The van der Waals surface area contributed by atoms with Gasteiger partial charge in [0.25, 0.3) is 0 Å². The number of methoxy groups -OCH3 is 1. The molecule has 1 N–H and O–H groups in total. The van der Waals surface area contributed by atoms with Crippen molar-refractivity contribution in [1.29, 1.82) is 0 Å². The normalized spacial score (nSPS) is 10.6. The van der Waals surface area contributed by atoms with Crippen LogP contribution in [0.4, 0.5) is 0 Å². The van der Waals surface area contributed by atoms with Gasteiger partial charge in [0.1, 0.15) is 11.4 Å². The molecular weight excluding hydrogens is 362 g/mol. The Balaban J connectivity index is 1.62. The lowest BCUT2D eigenvalue weighted by molar-refractivity contribution is -0.118. The van der Waals surface area contributed by atoms with Gasteiger partial charge >= 0.3 is 0 Å². The number of nitrogens with zero attached hydrogens (tertiary/aromatic N) is 4. The minimum atomic E-state index is -0.0775. The number of thioether (sulfide) groups is 1. The maximum atomic E-state index is 12.2. The van der Waals surface area contributed by atoms with Crippen LogP contribution in [0.25, 0.3) is 5.69 Å². The van der Waals surface area contributed by atoms with E-state index in [1.54, 1.807) is 11.8 Å². The number of benzene rings is 2. The minimum Gasteiger partial charge on any atom is -0.494 e. The molecule has 0 unspecified atom stereocenters. The van der Waals surface area contributed by atoms with Crippen LogP contribution in [0.2, 0.25) is 0 Å². The van der Waals surface area contributed by atoms with E-state index in [-0.39, 0.29) is 11.7 Å². The number of nitrogens with one attached hydrogen (secondary N) is 1. The highest BCUT2D eigenvalue weighted by atomic mass is 32.2. The molecule has 1 amide bonds. The number of rotatable bonds is 7. The van der Waals surface area contributed by atoms with Crippen molar-refractivity contribution in [2.45, 2.75) is 25.5 Å². The Bertz CT molecular complexity index is 924. The topological polar surface area (TPSA) is 81.9 Å².